The first-order valence-electron chi connectivity index (χ1n) is 12.4. The van der Waals surface area contributed by atoms with E-state index in [9.17, 15) is 13.5 Å². The van der Waals surface area contributed by atoms with Gasteiger partial charge in [0.1, 0.15) is 0 Å². The normalized spacial score (nSPS) is 45.6. The van der Waals surface area contributed by atoms with Gasteiger partial charge >= 0.3 is 0 Å². The molecule has 0 aromatic heterocycles. The fourth-order valence-corrected chi connectivity index (χ4v) is 9.44. The summed E-state index contributed by atoms with van der Waals surface area (Å²) in [5.74, 6) is 1.28. The lowest BCUT2D eigenvalue weighted by molar-refractivity contribution is -0.0963. The van der Waals surface area contributed by atoms with Crippen LogP contribution in [0.1, 0.15) is 92.9 Å². The van der Waals surface area contributed by atoms with E-state index < -0.39 is 10.1 Å². The molecule has 7 unspecified atom stereocenters. The van der Waals surface area contributed by atoms with Gasteiger partial charge in [0, 0.05) is 0 Å². The van der Waals surface area contributed by atoms with Gasteiger partial charge in [0.05, 0.1) is 19.0 Å². The first kappa shape index (κ1) is 23.8. The molecule has 0 amide bonds. The van der Waals surface area contributed by atoms with E-state index in [4.69, 9.17) is 4.18 Å². The summed E-state index contributed by atoms with van der Waals surface area (Å²) < 4.78 is 28.3. The van der Waals surface area contributed by atoms with E-state index in [0.29, 0.717) is 18.4 Å². The molecular formula is C26H44O4S. The highest BCUT2D eigenvalue weighted by molar-refractivity contribution is 7.85. The highest BCUT2D eigenvalue weighted by atomic mass is 32.2. The van der Waals surface area contributed by atoms with Crippen LogP contribution in [0.5, 0.6) is 0 Å². The summed E-state index contributed by atoms with van der Waals surface area (Å²) in [6.45, 7) is 14.5. The summed E-state index contributed by atoms with van der Waals surface area (Å²) in [6.07, 6.45) is 10.0. The first-order chi connectivity index (χ1) is 14.2. The summed E-state index contributed by atoms with van der Waals surface area (Å²) in [5, 5.41) is 10.8. The molecule has 5 heteroatoms. The Hall–Kier alpha value is -0.390. The second-order valence-corrected chi connectivity index (χ2v) is 14.3. The number of hydrogen-bond donors (Lipinski definition) is 1. The van der Waals surface area contributed by atoms with Crippen LogP contribution in [0.25, 0.3) is 0 Å². The molecule has 1 N–H and O–H groups in total. The smallest absolute Gasteiger partial charge is 0.264 e. The van der Waals surface area contributed by atoms with E-state index in [1.807, 2.05) is 0 Å². The van der Waals surface area contributed by atoms with Crippen molar-refractivity contribution >= 4 is 10.1 Å². The molecule has 2 saturated carbocycles. The zero-order valence-electron chi connectivity index (χ0n) is 20.8. The topological polar surface area (TPSA) is 63.6 Å². The van der Waals surface area contributed by atoms with Gasteiger partial charge in [-0.1, -0.05) is 52.7 Å². The highest BCUT2D eigenvalue weighted by Gasteiger charge is 2.63. The first-order valence-corrected chi connectivity index (χ1v) is 14.2. The zero-order valence-corrected chi connectivity index (χ0v) is 21.6. The fraction of sp³-hybridized carbons (Fsp3) is 0.923. The maximum absolute atomic E-state index is 11.6. The number of aliphatic hydroxyl groups is 1. The SMILES string of the molecule is CC(COS(C)(=O)=O)C1CCC2(C)C3=C(CCC12C)C1(C)CCC(O)C(C)(C)C1CC3. The molecule has 4 aliphatic carbocycles. The predicted molar refractivity (Wildman–Crippen MR) is 125 cm³/mol. The lowest BCUT2D eigenvalue weighted by Gasteiger charge is -2.62. The van der Waals surface area contributed by atoms with E-state index >= 15 is 0 Å². The van der Waals surface area contributed by atoms with E-state index in [2.05, 4.69) is 41.5 Å². The van der Waals surface area contributed by atoms with Gasteiger partial charge in [-0.05, 0) is 90.8 Å². The molecule has 0 aliphatic heterocycles. The largest absolute Gasteiger partial charge is 0.393 e. The van der Waals surface area contributed by atoms with Crippen molar-refractivity contribution < 1.29 is 17.7 Å². The number of hydrogen-bond acceptors (Lipinski definition) is 4. The highest BCUT2D eigenvalue weighted by Crippen LogP contribution is 2.72. The van der Waals surface area contributed by atoms with Crippen molar-refractivity contribution in [2.75, 3.05) is 12.9 Å². The molecule has 0 radical (unpaired) electrons. The standard InChI is InChI=1S/C26H44O4S/c1-17(16-30-31(7,28)29)18-10-14-26(6)20-8-9-21-23(2,3)22(27)12-13-24(21,4)19(20)11-15-25(18,26)5/h17-18,21-22,27H,8-16H2,1-7H3. The van der Waals surface area contributed by atoms with Crippen molar-refractivity contribution in [2.24, 2.45) is 39.4 Å². The van der Waals surface area contributed by atoms with Crippen molar-refractivity contribution in [3.63, 3.8) is 0 Å². The van der Waals surface area contributed by atoms with Gasteiger partial charge in [-0.3, -0.25) is 4.18 Å². The third kappa shape index (κ3) is 3.39. The van der Waals surface area contributed by atoms with Gasteiger partial charge < -0.3 is 5.11 Å². The lowest BCUT2D eigenvalue weighted by Crippen LogP contribution is -2.55. The quantitative estimate of drug-likeness (QED) is 0.438. The molecule has 7 atom stereocenters. The van der Waals surface area contributed by atoms with Crippen LogP contribution < -0.4 is 0 Å². The number of rotatable bonds is 4. The molecule has 0 bridgehead atoms. The van der Waals surface area contributed by atoms with E-state index in [0.717, 1.165) is 31.9 Å². The molecule has 0 saturated heterocycles. The maximum atomic E-state index is 11.6. The fourth-order valence-electron chi connectivity index (χ4n) is 8.98. The van der Waals surface area contributed by atoms with Crippen LogP contribution in [-0.2, 0) is 14.3 Å². The Morgan fingerprint density at radius 2 is 1.68 bits per heavy atom. The second kappa shape index (κ2) is 7.30. The molecule has 0 spiro atoms. The number of allylic oxidation sites excluding steroid dienone is 2. The van der Waals surface area contributed by atoms with Crippen molar-refractivity contribution in [2.45, 2.75) is 99.0 Å². The summed E-state index contributed by atoms with van der Waals surface area (Å²) in [7, 11) is -3.40. The number of fused-ring (bicyclic) bond motifs is 4. The summed E-state index contributed by atoms with van der Waals surface area (Å²) in [4.78, 5) is 0. The van der Waals surface area contributed by atoms with Crippen molar-refractivity contribution in [1.29, 1.82) is 0 Å². The summed E-state index contributed by atoms with van der Waals surface area (Å²) in [5.41, 5.74) is 4.03. The van der Waals surface area contributed by atoms with Crippen LogP contribution >= 0.6 is 0 Å². The molecule has 4 nitrogen and oxygen atoms in total. The zero-order chi connectivity index (χ0) is 23.0. The molecule has 178 valence electrons. The van der Waals surface area contributed by atoms with Gasteiger partial charge in [0.15, 0.2) is 0 Å². The lowest BCUT2D eigenvalue weighted by atomic mass is 9.43. The minimum atomic E-state index is -3.40. The van der Waals surface area contributed by atoms with Crippen LogP contribution in [0.15, 0.2) is 11.1 Å². The summed E-state index contributed by atoms with van der Waals surface area (Å²) >= 11 is 0. The van der Waals surface area contributed by atoms with Gasteiger partial charge in [-0.2, -0.15) is 8.42 Å². The minimum absolute atomic E-state index is 0.0249. The van der Waals surface area contributed by atoms with Gasteiger partial charge in [0.25, 0.3) is 10.1 Å². The van der Waals surface area contributed by atoms with Crippen LogP contribution in [0.2, 0.25) is 0 Å². The van der Waals surface area contributed by atoms with Crippen LogP contribution in [-0.4, -0.2) is 32.5 Å². The average Bonchev–Trinajstić information content (AvgIpc) is 2.94. The van der Waals surface area contributed by atoms with Crippen molar-refractivity contribution in [3.8, 4) is 0 Å². The van der Waals surface area contributed by atoms with E-state index in [1.54, 1.807) is 11.1 Å². The molecule has 0 aromatic rings. The molecule has 0 heterocycles. The molecule has 4 aliphatic rings. The molecule has 4 rings (SSSR count). The molecule has 0 aromatic carbocycles. The predicted octanol–water partition coefficient (Wildman–Crippen LogP) is 5.71. The Kier molecular flexibility index (Phi) is 5.60. The van der Waals surface area contributed by atoms with Crippen molar-refractivity contribution in [3.05, 3.63) is 11.1 Å². The van der Waals surface area contributed by atoms with Gasteiger partial charge in [0.2, 0.25) is 0 Å². The van der Waals surface area contributed by atoms with Gasteiger partial charge in [-0.15, -0.1) is 0 Å². The Bertz CT molecular complexity index is 874. The second-order valence-electron chi connectivity index (χ2n) is 12.7. The average molecular weight is 453 g/mol. The Labute approximate surface area is 190 Å². The Balaban J connectivity index is 1.67. The number of aliphatic hydroxyl groups excluding tert-OH is 1. The van der Waals surface area contributed by atoms with E-state index in [1.165, 1.54) is 25.7 Å². The molecular weight excluding hydrogens is 408 g/mol. The monoisotopic (exact) mass is 452 g/mol. The molecule has 2 fully saturated rings. The van der Waals surface area contributed by atoms with Crippen LogP contribution in [0, 0.1) is 39.4 Å². The van der Waals surface area contributed by atoms with Crippen molar-refractivity contribution in [1.82, 2.24) is 0 Å². The Morgan fingerprint density at radius 1 is 1.00 bits per heavy atom. The van der Waals surface area contributed by atoms with Crippen LogP contribution in [0.4, 0.5) is 0 Å². The third-order valence-corrected chi connectivity index (χ3v) is 11.6. The maximum Gasteiger partial charge on any atom is 0.264 e. The third-order valence-electron chi connectivity index (χ3n) is 11.0. The van der Waals surface area contributed by atoms with E-state index in [-0.39, 0.29) is 33.7 Å². The minimum Gasteiger partial charge on any atom is -0.393 e. The van der Waals surface area contributed by atoms with Crippen LogP contribution in [0.3, 0.4) is 0 Å². The summed E-state index contributed by atoms with van der Waals surface area (Å²) in [6, 6.07) is 0. The molecule has 31 heavy (non-hydrogen) atoms. The Morgan fingerprint density at radius 3 is 2.32 bits per heavy atom. The van der Waals surface area contributed by atoms with Gasteiger partial charge in [-0.25, -0.2) is 0 Å².